The zero-order chi connectivity index (χ0) is 25.7. The summed E-state index contributed by atoms with van der Waals surface area (Å²) in [6, 6.07) is 19.4. The molecule has 0 saturated carbocycles. The highest BCUT2D eigenvalue weighted by Gasteiger charge is 2.36. The molecule has 6 nitrogen and oxygen atoms in total. The van der Waals surface area contributed by atoms with Crippen LogP contribution in [0, 0.1) is 5.82 Å². The fraction of sp³-hybridized carbons (Fsp3) is 0.222. The zero-order valence-electron chi connectivity index (χ0n) is 19.5. The summed E-state index contributed by atoms with van der Waals surface area (Å²) >= 11 is 12.6. The highest BCUT2D eigenvalue weighted by molar-refractivity contribution is 6.34. The van der Waals surface area contributed by atoms with Crippen molar-refractivity contribution in [3.8, 4) is 0 Å². The first-order chi connectivity index (χ1) is 17.4. The zero-order valence-corrected chi connectivity index (χ0v) is 21.0. The van der Waals surface area contributed by atoms with E-state index in [-0.39, 0.29) is 36.7 Å². The molecular weight excluding hydrogens is 504 g/mol. The molecule has 4 rings (SSSR count). The van der Waals surface area contributed by atoms with Crippen LogP contribution in [-0.2, 0) is 9.53 Å². The third-order valence-corrected chi connectivity index (χ3v) is 6.56. The van der Waals surface area contributed by atoms with Crippen LogP contribution in [0.3, 0.4) is 0 Å². The number of hydrogen-bond donors (Lipinski definition) is 0. The van der Waals surface area contributed by atoms with Gasteiger partial charge in [-0.2, -0.15) is 5.10 Å². The number of benzene rings is 3. The first-order valence-electron chi connectivity index (χ1n) is 11.3. The van der Waals surface area contributed by atoms with Crippen LogP contribution in [0.15, 0.2) is 77.9 Å². The molecule has 36 heavy (non-hydrogen) atoms. The van der Waals surface area contributed by atoms with E-state index in [9.17, 15) is 14.0 Å². The lowest BCUT2D eigenvalue weighted by Crippen LogP contribution is -2.43. The van der Waals surface area contributed by atoms with Crippen molar-refractivity contribution >= 4 is 40.7 Å². The van der Waals surface area contributed by atoms with Gasteiger partial charge in [0.15, 0.2) is 0 Å². The number of hydrogen-bond acceptors (Lipinski definition) is 4. The number of carbonyl (C=O) groups is 2. The van der Waals surface area contributed by atoms with E-state index < -0.39 is 23.7 Å². The van der Waals surface area contributed by atoms with E-state index in [1.54, 1.807) is 60.7 Å². The predicted octanol–water partition coefficient (Wildman–Crippen LogP) is 5.60. The second-order valence-electron chi connectivity index (χ2n) is 8.21. The molecule has 3 aromatic carbocycles. The Morgan fingerprint density at radius 3 is 2.39 bits per heavy atom. The van der Waals surface area contributed by atoms with E-state index >= 15 is 0 Å². The van der Waals surface area contributed by atoms with Gasteiger partial charge in [-0.25, -0.2) is 9.40 Å². The van der Waals surface area contributed by atoms with Gasteiger partial charge in [-0.15, -0.1) is 0 Å². The Bertz CT molecular complexity index is 1300. The van der Waals surface area contributed by atoms with Crippen molar-refractivity contribution < 1.29 is 18.7 Å². The van der Waals surface area contributed by atoms with Gasteiger partial charge in [0.05, 0.1) is 28.9 Å². The van der Waals surface area contributed by atoms with Gasteiger partial charge in [-0.05, 0) is 24.3 Å². The molecule has 2 amide bonds. The number of halogens is 3. The second kappa shape index (κ2) is 11.6. The lowest BCUT2D eigenvalue weighted by Gasteiger charge is -2.27. The standard InChI is InChI=1S/C27H24Cl2FN3O3/c1-36-15-14-32(27(35)19-9-3-6-12-22(19)29)17-26(34)33-25(20-10-4-7-13-23(20)30)16-24(31-33)18-8-2-5-11-21(18)28/h2-13,25H,14-17H2,1H3. The molecule has 1 heterocycles. The average molecular weight is 528 g/mol. The summed E-state index contributed by atoms with van der Waals surface area (Å²) < 4.78 is 19.9. The number of carbonyl (C=O) groups excluding carboxylic acids is 2. The van der Waals surface area contributed by atoms with E-state index in [1.165, 1.54) is 23.1 Å². The molecular formula is C27H24Cl2FN3O3. The Kier molecular flexibility index (Phi) is 8.36. The molecule has 0 aromatic heterocycles. The SMILES string of the molecule is COCCN(CC(=O)N1N=C(c2ccccc2Cl)CC1c1ccccc1F)C(=O)c1ccccc1Cl. The van der Waals surface area contributed by atoms with Gasteiger partial charge >= 0.3 is 0 Å². The Morgan fingerprint density at radius 2 is 1.69 bits per heavy atom. The first kappa shape index (κ1) is 25.8. The van der Waals surface area contributed by atoms with Crippen LogP contribution >= 0.6 is 23.2 Å². The van der Waals surface area contributed by atoms with E-state index in [0.29, 0.717) is 21.9 Å². The van der Waals surface area contributed by atoms with Crippen LogP contribution in [0.5, 0.6) is 0 Å². The number of nitrogens with zero attached hydrogens (tertiary/aromatic N) is 3. The highest BCUT2D eigenvalue weighted by Crippen LogP contribution is 2.35. The number of methoxy groups -OCH3 is 1. The topological polar surface area (TPSA) is 62.2 Å². The Morgan fingerprint density at radius 1 is 1.03 bits per heavy atom. The van der Waals surface area contributed by atoms with Gasteiger partial charge in [0.25, 0.3) is 11.8 Å². The molecule has 3 aromatic rings. The maximum absolute atomic E-state index is 14.8. The second-order valence-corrected chi connectivity index (χ2v) is 9.02. The molecule has 1 unspecified atom stereocenters. The van der Waals surface area contributed by atoms with E-state index in [1.807, 2.05) is 6.07 Å². The van der Waals surface area contributed by atoms with Crippen LogP contribution in [0.4, 0.5) is 4.39 Å². The van der Waals surface area contributed by atoms with Crippen molar-refractivity contribution in [2.75, 3.05) is 26.8 Å². The largest absolute Gasteiger partial charge is 0.383 e. The van der Waals surface area contributed by atoms with Crippen LogP contribution in [0.1, 0.15) is 33.9 Å². The summed E-state index contributed by atoms with van der Waals surface area (Å²) in [6.07, 6.45) is 0.271. The van der Waals surface area contributed by atoms with Crippen molar-refractivity contribution in [3.63, 3.8) is 0 Å². The van der Waals surface area contributed by atoms with Crippen LogP contribution in [-0.4, -0.2) is 54.2 Å². The van der Waals surface area contributed by atoms with Crippen molar-refractivity contribution in [1.29, 1.82) is 0 Å². The summed E-state index contributed by atoms with van der Waals surface area (Å²) in [4.78, 5) is 28.2. The van der Waals surface area contributed by atoms with Gasteiger partial charge in [0, 0.05) is 36.2 Å². The third kappa shape index (κ3) is 5.59. The first-order valence-corrected chi connectivity index (χ1v) is 12.1. The summed E-state index contributed by atoms with van der Waals surface area (Å²) in [7, 11) is 1.51. The molecule has 1 atom stereocenters. The van der Waals surface area contributed by atoms with Gasteiger partial charge in [0.2, 0.25) is 0 Å². The molecule has 1 aliphatic heterocycles. The van der Waals surface area contributed by atoms with Crippen molar-refractivity contribution in [1.82, 2.24) is 9.91 Å². The summed E-state index contributed by atoms with van der Waals surface area (Å²) in [5.74, 6) is -1.33. The predicted molar refractivity (Wildman–Crippen MR) is 138 cm³/mol. The molecule has 0 saturated heterocycles. The normalized spacial score (nSPS) is 15.1. The minimum absolute atomic E-state index is 0.158. The Balaban J connectivity index is 1.67. The fourth-order valence-electron chi connectivity index (χ4n) is 4.08. The monoisotopic (exact) mass is 527 g/mol. The number of ether oxygens (including phenoxy) is 1. The van der Waals surface area contributed by atoms with Crippen LogP contribution < -0.4 is 0 Å². The lowest BCUT2D eigenvalue weighted by atomic mass is 9.98. The van der Waals surface area contributed by atoms with Gasteiger partial charge in [0.1, 0.15) is 12.4 Å². The van der Waals surface area contributed by atoms with Crippen molar-refractivity contribution in [2.45, 2.75) is 12.5 Å². The molecule has 0 bridgehead atoms. The van der Waals surface area contributed by atoms with Gasteiger partial charge in [-0.1, -0.05) is 71.7 Å². The number of hydrazone groups is 1. The van der Waals surface area contributed by atoms with Crippen LogP contribution in [0.25, 0.3) is 0 Å². The maximum atomic E-state index is 14.8. The molecule has 1 aliphatic rings. The third-order valence-electron chi connectivity index (χ3n) is 5.90. The minimum atomic E-state index is -0.690. The fourth-order valence-corrected chi connectivity index (χ4v) is 4.54. The van der Waals surface area contributed by atoms with Crippen molar-refractivity contribution in [3.05, 3.63) is 105 Å². The van der Waals surface area contributed by atoms with Crippen molar-refractivity contribution in [2.24, 2.45) is 5.10 Å². The van der Waals surface area contributed by atoms with Gasteiger partial charge in [-0.3, -0.25) is 9.59 Å². The molecule has 0 fully saturated rings. The molecule has 0 radical (unpaired) electrons. The summed E-state index contributed by atoms with van der Waals surface area (Å²) in [5.41, 5.74) is 1.83. The smallest absolute Gasteiger partial charge is 0.262 e. The van der Waals surface area contributed by atoms with E-state index in [0.717, 1.165) is 0 Å². The number of amides is 2. The molecule has 186 valence electrons. The minimum Gasteiger partial charge on any atom is -0.383 e. The Hall–Kier alpha value is -3.26. The van der Waals surface area contributed by atoms with E-state index in [4.69, 9.17) is 27.9 Å². The highest BCUT2D eigenvalue weighted by atomic mass is 35.5. The molecule has 0 N–H and O–H groups in total. The lowest BCUT2D eigenvalue weighted by molar-refractivity contribution is -0.133. The quantitative estimate of drug-likeness (QED) is 0.383. The van der Waals surface area contributed by atoms with E-state index in [2.05, 4.69) is 5.10 Å². The number of rotatable bonds is 8. The molecule has 0 spiro atoms. The van der Waals surface area contributed by atoms with Crippen LogP contribution in [0.2, 0.25) is 10.0 Å². The molecule has 9 heteroatoms. The molecule has 0 aliphatic carbocycles. The van der Waals surface area contributed by atoms with Gasteiger partial charge < -0.3 is 9.64 Å². The average Bonchev–Trinajstić information content (AvgIpc) is 3.32. The summed E-state index contributed by atoms with van der Waals surface area (Å²) in [6.45, 7) is 0.0810. The maximum Gasteiger partial charge on any atom is 0.262 e. The Labute approximate surface area is 218 Å². The summed E-state index contributed by atoms with van der Waals surface area (Å²) in [5, 5.41) is 6.56.